The van der Waals surface area contributed by atoms with Crippen LogP contribution in [0.2, 0.25) is 0 Å². The summed E-state index contributed by atoms with van der Waals surface area (Å²) in [4.78, 5) is 26.9. The molecule has 5 rings (SSSR count). The third-order valence-electron chi connectivity index (χ3n) is 5.44. The van der Waals surface area contributed by atoms with Gasteiger partial charge in [-0.25, -0.2) is 0 Å². The van der Waals surface area contributed by atoms with Crippen molar-refractivity contribution in [2.24, 2.45) is 0 Å². The molecule has 28 heavy (non-hydrogen) atoms. The SMILES string of the molecule is O=C1CC2(CCN(C(=O)/C=C/c3ccc4c(c3)OCO4)C2)Oc2ccccc21. The molecule has 1 saturated heterocycles. The van der Waals surface area contributed by atoms with Crippen molar-refractivity contribution in [2.45, 2.75) is 18.4 Å². The molecule has 6 heteroatoms. The fraction of sp³-hybridized carbons (Fsp3) is 0.273. The molecular formula is C22H19NO5. The monoisotopic (exact) mass is 377 g/mol. The highest BCUT2D eigenvalue weighted by molar-refractivity contribution is 6.00. The van der Waals surface area contributed by atoms with E-state index >= 15 is 0 Å². The van der Waals surface area contributed by atoms with Gasteiger partial charge in [0.05, 0.1) is 18.5 Å². The second-order valence-electron chi connectivity index (χ2n) is 7.34. The number of amides is 1. The van der Waals surface area contributed by atoms with Crippen molar-refractivity contribution < 1.29 is 23.8 Å². The largest absolute Gasteiger partial charge is 0.484 e. The lowest BCUT2D eigenvalue weighted by Gasteiger charge is -2.34. The normalized spacial score (nSPS) is 22.6. The van der Waals surface area contributed by atoms with E-state index in [1.54, 1.807) is 23.1 Å². The maximum absolute atomic E-state index is 12.6. The Morgan fingerprint density at radius 1 is 1.07 bits per heavy atom. The summed E-state index contributed by atoms with van der Waals surface area (Å²) in [5.41, 5.74) is 0.873. The minimum absolute atomic E-state index is 0.0760. The third-order valence-corrected chi connectivity index (χ3v) is 5.44. The van der Waals surface area contributed by atoms with E-state index in [1.165, 1.54) is 0 Å². The van der Waals surface area contributed by atoms with Crippen LogP contribution < -0.4 is 14.2 Å². The van der Waals surface area contributed by atoms with E-state index in [4.69, 9.17) is 14.2 Å². The molecule has 142 valence electrons. The minimum Gasteiger partial charge on any atom is -0.484 e. The van der Waals surface area contributed by atoms with Gasteiger partial charge in [-0.1, -0.05) is 18.2 Å². The van der Waals surface area contributed by atoms with Crippen LogP contribution in [0, 0.1) is 0 Å². The summed E-state index contributed by atoms with van der Waals surface area (Å²) in [6, 6.07) is 12.9. The van der Waals surface area contributed by atoms with Crippen LogP contribution in [0.15, 0.2) is 48.5 Å². The highest BCUT2D eigenvalue weighted by Crippen LogP contribution is 2.38. The molecule has 1 unspecified atom stereocenters. The van der Waals surface area contributed by atoms with Crippen LogP contribution in [-0.2, 0) is 4.79 Å². The number of carbonyl (C=O) groups excluding carboxylic acids is 2. The van der Waals surface area contributed by atoms with Crippen molar-refractivity contribution in [3.63, 3.8) is 0 Å². The van der Waals surface area contributed by atoms with Crippen LogP contribution in [0.5, 0.6) is 17.2 Å². The molecular weight excluding hydrogens is 358 g/mol. The molecule has 6 nitrogen and oxygen atoms in total. The summed E-state index contributed by atoms with van der Waals surface area (Å²) in [6.07, 6.45) is 4.27. The zero-order valence-corrected chi connectivity index (χ0v) is 15.2. The van der Waals surface area contributed by atoms with Crippen molar-refractivity contribution in [1.82, 2.24) is 4.90 Å². The molecule has 3 aliphatic rings. The molecule has 0 bridgehead atoms. The first-order chi connectivity index (χ1) is 13.6. The minimum atomic E-state index is -0.617. The molecule has 0 aromatic heterocycles. The highest BCUT2D eigenvalue weighted by atomic mass is 16.7. The third kappa shape index (κ3) is 2.91. The molecule has 3 heterocycles. The summed E-state index contributed by atoms with van der Waals surface area (Å²) in [5.74, 6) is 1.99. The van der Waals surface area contributed by atoms with E-state index in [-0.39, 0.29) is 18.5 Å². The Morgan fingerprint density at radius 2 is 1.93 bits per heavy atom. The molecule has 0 radical (unpaired) electrons. The summed E-state index contributed by atoms with van der Waals surface area (Å²) in [5, 5.41) is 0. The number of nitrogens with zero attached hydrogens (tertiary/aromatic N) is 1. The molecule has 0 N–H and O–H groups in total. The number of hydrogen-bond acceptors (Lipinski definition) is 5. The summed E-state index contributed by atoms with van der Waals surface area (Å²) in [7, 11) is 0. The van der Waals surface area contributed by atoms with Crippen molar-refractivity contribution in [3.8, 4) is 17.2 Å². The van der Waals surface area contributed by atoms with Crippen molar-refractivity contribution in [3.05, 3.63) is 59.7 Å². The Labute approximate surface area is 162 Å². The number of Topliss-reactive ketones (excluding diaryl/α,β-unsaturated/α-hetero) is 1. The molecule has 1 amide bonds. The molecule has 2 aromatic carbocycles. The summed E-state index contributed by atoms with van der Waals surface area (Å²) < 4.78 is 16.8. The van der Waals surface area contributed by atoms with Crippen molar-refractivity contribution in [2.75, 3.05) is 19.9 Å². The number of likely N-dealkylation sites (tertiary alicyclic amines) is 1. The Morgan fingerprint density at radius 3 is 2.86 bits per heavy atom. The van der Waals surface area contributed by atoms with Gasteiger partial charge in [-0.3, -0.25) is 9.59 Å². The van der Waals surface area contributed by atoms with Gasteiger partial charge in [0, 0.05) is 19.0 Å². The Kier molecular flexibility index (Phi) is 3.86. The molecule has 1 atom stereocenters. The average Bonchev–Trinajstić information content (AvgIpc) is 3.33. The first kappa shape index (κ1) is 16.9. The second kappa shape index (κ2) is 6.41. The number of carbonyl (C=O) groups is 2. The van der Waals surface area contributed by atoms with Gasteiger partial charge in [-0.2, -0.15) is 0 Å². The first-order valence-corrected chi connectivity index (χ1v) is 9.30. The lowest BCUT2D eigenvalue weighted by molar-refractivity contribution is -0.125. The maximum Gasteiger partial charge on any atom is 0.246 e. The molecule has 1 spiro atoms. The lowest BCUT2D eigenvalue weighted by Crippen LogP contribution is -2.45. The average molecular weight is 377 g/mol. The van der Waals surface area contributed by atoms with E-state index in [1.807, 2.05) is 36.4 Å². The van der Waals surface area contributed by atoms with Crippen molar-refractivity contribution in [1.29, 1.82) is 0 Å². The predicted molar refractivity (Wildman–Crippen MR) is 102 cm³/mol. The van der Waals surface area contributed by atoms with Gasteiger partial charge in [-0.15, -0.1) is 0 Å². The van der Waals surface area contributed by atoms with Gasteiger partial charge in [0.2, 0.25) is 12.7 Å². The standard InChI is InChI=1S/C22H19NO5/c24-17-12-22(28-18-4-2-1-3-16(17)18)9-10-23(13-22)21(25)8-6-15-5-7-19-20(11-15)27-14-26-19/h1-8,11H,9-10,12-14H2/b8-6+. The molecule has 0 aliphatic carbocycles. The fourth-order valence-electron chi connectivity index (χ4n) is 3.99. The number of hydrogen-bond donors (Lipinski definition) is 0. The Balaban J connectivity index is 1.28. The van der Waals surface area contributed by atoms with E-state index < -0.39 is 5.60 Å². The number of benzene rings is 2. The zero-order chi connectivity index (χ0) is 19.1. The highest BCUT2D eigenvalue weighted by Gasteiger charge is 2.46. The van der Waals surface area contributed by atoms with Crippen LogP contribution in [-0.4, -0.2) is 42.1 Å². The van der Waals surface area contributed by atoms with Gasteiger partial charge >= 0.3 is 0 Å². The number of ether oxygens (including phenoxy) is 3. The number of rotatable bonds is 2. The van der Waals surface area contributed by atoms with E-state index in [0.29, 0.717) is 48.7 Å². The maximum atomic E-state index is 12.6. The smallest absolute Gasteiger partial charge is 0.246 e. The van der Waals surface area contributed by atoms with E-state index in [2.05, 4.69) is 0 Å². The zero-order valence-electron chi connectivity index (χ0n) is 15.2. The van der Waals surface area contributed by atoms with Crippen LogP contribution in [0.1, 0.15) is 28.8 Å². The van der Waals surface area contributed by atoms with Crippen LogP contribution in [0.25, 0.3) is 6.08 Å². The van der Waals surface area contributed by atoms with Gasteiger partial charge in [0.15, 0.2) is 17.3 Å². The molecule has 2 aromatic rings. The van der Waals surface area contributed by atoms with Crippen LogP contribution in [0.4, 0.5) is 0 Å². The topological polar surface area (TPSA) is 65.1 Å². The fourth-order valence-corrected chi connectivity index (χ4v) is 3.99. The number of para-hydroxylation sites is 1. The van der Waals surface area contributed by atoms with E-state index in [9.17, 15) is 9.59 Å². The summed E-state index contributed by atoms with van der Waals surface area (Å²) >= 11 is 0. The van der Waals surface area contributed by atoms with Gasteiger partial charge in [0.25, 0.3) is 0 Å². The molecule has 0 saturated carbocycles. The van der Waals surface area contributed by atoms with Crippen LogP contribution in [0.3, 0.4) is 0 Å². The second-order valence-corrected chi connectivity index (χ2v) is 7.34. The quantitative estimate of drug-likeness (QED) is 0.753. The molecule has 1 fully saturated rings. The first-order valence-electron chi connectivity index (χ1n) is 9.30. The Bertz CT molecular complexity index is 998. The number of ketones is 1. The molecule has 3 aliphatic heterocycles. The van der Waals surface area contributed by atoms with Gasteiger partial charge in [-0.05, 0) is 35.9 Å². The van der Waals surface area contributed by atoms with Gasteiger partial charge in [0.1, 0.15) is 11.4 Å². The number of fused-ring (bicyclic) bond motifs is 2. The predicted octanol–water partition coefficient (Wildman–Crippen LogP) is 3.07. The van der Waals surface area contributed by atoms with E-state index in [0.717, 1.165) is 5.56 Å². The van der Waals surface area contributed by atoms with Crippen molar-refractivity contribution >= 4 is 17.8 Å². The lowest BCUT2D eigenvalue weighted by atomic mass is 9.89. The van der Waals surface area contributed by atoms with Crippen LogP contribution >= 0.6 is 0 Å². The Hall–Kier alpha value is -3.28. The van der Waals surface area contributed by atoms with Gasteiger partial charge < -0.3 is 19.1 Å². The summed E-state index contributed by atoms with van der Waals surface area (Å²) in [6.45, 7) is 1.20.